The average molecular weight is 366 g/mol. The number of halogens is 1. The van der Waals surface area contributed by atoms with Crippen molar-refractivity contribution in [1.29, 1.82) is 0 Å². The predicted octanol–water partition coefficient (Wildman–Crippen LogP) is 0.283. The van der Waals surface area contributed by atoms with Crippen LogP contribution in [0.3, 0.4) is 0 Å². The summed E-state index contributed by atoms with van der Waals surface area (Å²) in [6.45, 7) is 0.628. The molecule has 2 atom stereocenters. The van der Waals surface area contributed by atoms with Crippen molar-refractivity contribution in [2.45, 2.75) is 18.9 Å². The Kier molecular flexibility index (Phi) is 6.01. The van der Waals surface area contributed by atoms with Gasteiger partial charge in [0.15, 0.2) is 5.15 Å². The lowest BCUT2D eigenvalue weighted by Crippen LogP contribution is -2.43. The summed E-state index contributed by atoms with van der Waals surface area (Å²) in [4.78, 5) is 12.0. The Bertz CT molecular complexity index is 646. The van der Waals surface area contributed by atoms with E-state index in [4.69, 9.17) is 20.9 Å². The van der Waals surface area contributed by atoms with Crippen LogP contribution in [0.15, 0.2) is 10.6 Å². The van der Waals surface area contributed by atoms with E-state index in [1.165, 1.54) is 18.4 Å². The van der Waals surface area contributed by atoms with E-state index < -0.39 is 10.0 Å². The van der Waals surface area contributed by atoms with Crippen LogP contribution in [0.4, 0.5) is 0 Å². The van der Waals surface area contributed by atoms with Crippen molar-refractivity contribution >= 4 is 27.5 Å². The van der Waals surface area contributed by atoms with Gasteiger partial charge in [0.2, 0.25) is 15.9 Å². The Morgan fingerprint density at radius 3 is 2.83 bits per heavy atom. The summed E-state index contributed by atoms with van der Waals surface area (Å²) in [6, 6.07) is 1.25. The maximum absolute atomic E-state index is 12.0. The second-order valence-electron chi connectivity index (χ2n) is 5.65. The average Bonchev–Trinajstić information content (AvgIpc) is 3.06. The van der Waals surface area contributed by atoms with Crippen molar-refractivity contribution in [3.05, 3.63) is 17.0 Å². The van der Waals surface area contributed by atoms with Crippen LogP contribution >= 0.6 is 11.6 Å². The fourth-order valence-corrected chi connectivity index (χ4v) is 3.59. The number of carbonyl (C=O) groups excluding carboxylic acids is 1. The van der Waals surface area contributed by atoms with Crippen molar-refractivity contribution in [3.8, 4) is 0 Å². The Hall–Kier alpha value is -1.16. The molecule has 1 N–H and O–H groups in total. The van der Waals surface area contributed by atoms with E-state index in [2.05, 4.69) is 10.5 Å². The highest BCUT2D eigenvalue weighted by Gasteiger charge is 2.34. The molecule has 10 heteroatoms. The number of aromatic nitrogens is 1. The van der Waals surface area contributed by atoms with Gasteiger partial charge in [-0.05, 0) is 0 Å². The standard InChI is InChI=1S/C13H20ClN3O5S/c1-17(2)23(19,20)8-9-6-21-7-11(9)15-13(18)4-3-10-5-12(14)16-22-10/h5,9,11H,3-4,6-8H2,1-2H3,(H,15,18)/t9-,11-/m0/s1. The molecule has 1 aromatic heterocycles. The molecule has 1 amide bonds. The van der Waals surface area contributed by atoms with Crippen LogP contribution in [0.2, 0.25) is 5.15 Å². The van der Waals surface area contributed by atoms with Crippen LogP contribution < -0.4 is 5.32 Å². The van der Waals surface area contributed by atoms with Crippen molar-refractivity contribution in [1.82, 2.24) is 14.8 Å². The normalized spacial score (nSPS) is 21.7. The number of aryl methyl sites for hydroxylation is 1. The van der Waals surface area contributed by atoms with Crippen LogP contribution in [0.1, 0.15) is 12.2 Å². The largest absolute Gasteiger partial charge is 0.379 e. The van der Waals surface area contributed by atoms with Crippen molar-refractivity contribution < 1.29 is 22.5 Å². The molecule has 0 aliphatic carbocycles. The lowest BCUT2D eigenvalue weighted by atomic mass is 10.1. The quantitative estimate of drug-likeness (QED) is 0.744. The molecule has 0 aromatic carbocycles. The van der Waals surface area contributed by atoms with Crippen LogP contribution in [0, 0.1) is 5.92 Å². The monoisotopic (exact) mass is 365 g/mol. The molecule has 2 heterocycles. The van der Waals surface area contributed by atoms with E-state index in [0.717, 1.165) is 0 Å². The molecule has 1 saturated heterocycles. The summed E-state index contributed by atoms with van der Waals surface area (Å²) in [5, 5.41) is 6.61. The second kappa shape index (κ2) is 7.61. The van der Waals surface area contributed by atoms with Gasteiger partial charge in [0, 0.05) is 38.9 Å². The zero-order valence-corrected chi connectivity index (χ0v) is 14.6. The zero-order valence-electron chi connectivity index (χ0n) is 13.0. The van der Waals surface area contributed by atoms with Gasteiger partial charge in [-0.25, -0.2) is 12.7 Å². The molecule has 1 fully saturated rings. The predicted molar refractivity (Wildman–Crippen MR) is 83.5 cm³/mol. The maximum atomic E-state index is 12.0. The van der Waals surface area contributed by atoms with E-state index in [1.54, 1.807) is 6.07 Å². The summed E-state index contributed by atoms with van der Waals surface area (Å²) in [5.41, 5.74) is 0. The fourth-order valence-electron chi connectivity index (χ4n) is 2.26. The van der Waals surface area contributed by atoms with Gasteiger partial charge in [-0.2, -0.15) is 0 Å². The van der Waals surface area contributed by atoms with E-state index in [1.807, 2.05) is 0 Å². The van der Waals surface area contributed by atoms with E-state index in [9.17, 15) is 13.2 Å². The molecule has 0 saturated carbocycles. The lowest BCUT2D eigenvalue weighted by Gasteiger charge is -2.20. The number of nitrogens with one attached hydrogen (secondary N) is 1. The SMILES string of the molecule is CN(C)S(=O)(=O)C[C@@H]1COC[C@@H]1NC(=O)CCc1cc(Cl)no1. The number of hydrogen-bond acceptors (Lipinski definition) is 6. The van der Waals surface area contributed by atoms with Crippen LogP contribution in [0.25, 0.3) is 0 Å². The number of amides is 1. The third kappa shape index (κ3) is 5.17. The third-order valence-electron chi connectivity index (χ3n) is 3.65. The summed E-state index contributed by atoms with van der Waals surface area (Å²) in [7, 11) is -0.364. The molecule has 130 valence electrons. The van der Waals surface area contributed by atoms with Crippen LogP contribution in [-0.2, 0) is 26.0 Å². The Balaban J connectivity index is 1.84. The molecule has 0 unspecified atom stereocenters. The number of hydrogen-bond donors (Lipinski definition) is 1. The highest BCUT2D eigenvalue weighted by atomic mass is 35.5. The Morgan fingerprint density at radius 1 is 1.48 bits per heavy atom. The number of nitrogens with zero attached hydrogens (tertiary/aromatic N) is 2. The maximum Gasteiger partial charge on any atom is 0.220 e. The fraction of sp³-hybridized carbons (Fsp3) is 0.692. The summed E-state index contributed by atoms with van der Waals surface area (Å²) < 4.78 is 35.3. The van der Waals surface area contributed by atoms with Gasteiger partial charge >= 0.3 is 0 Å². The third-order valence-corrected chi connectivity index (χ3v) is 5.79. The molecule has 23 heavy (non-hydrogen) atoms. The van der Waals surface area contributed by atoms with E-state index in [0.29, 0.717) is 25.4 Å². The Labute approximate surface area is 140 Å². The Morgan fingerprint density at radius 2 is 2.22 bits per heavy atom. The van der Waals surface area contributed by atoms with E-state index in [-0.39, 0.29) is 35.2 Å². The van der Waals surface area contributed by atoms with Gasteiger partial charge in [0.25, 0.3) is 0 Å². The minimum Gasteiger partial charge on any atom is -0.379 e. The molecule has 0 bridgehead atoms. The van der Waals surface area contributed by atoms with Crippen LogP contribution in [-0.4, -0.2) is 62.9 Å². The van der Waals surface area contributed by atoms with Gasteiger partial charge in [-0.15, -0.1) is 0 Å². The molecule has 8 nitrogen and oxygen atoms in total. The smallest absolute Gasteiger partial charge is 0.220 e. The van der Waals surface area contributed by atoms with Crippen molar-refractivity contribution in [3.63, 3.8) is 0 Å². The van der Waals surface area contributed by atoms with Gasteiger partial charge in [0.05, 0.1) is 25.0 Å². The molecular formula is C13H20ClN3O5S. The van der Waals surface area contributed by atoms with Gasteiger partial charge < -0.3 is 14.6 Å². The molecule has 1 aromatic rings. The first-order valence-electron chi connectivity index (χ1n) is 7.16. The first kappa shape index (κ1) is 18.2. The number of sulfonamides is 1. The molecule has 1 aliphatic rings. The zero-order chi connectivity index (χ0) is 17.0. The van der Waals surface area contributed by atoms with Crippen LogP contribution in [0.5, 0.6) is 0 Å². The molecular weight excluding hydrogens is 346 g/mol. The molecule has 1 aliphatic heterocycles. The minimum absolute atomic E-state index is 0.0529. The molecule has 0 spiro atoms. The highest BCUT2D eigenvalue weighted by Crippen LogP contribution is 2.18. The van der Waals surface area contributed by atoms with Crippen molar-refractivity contribution in [2.24, 2.45) is 5.92 Å². The molecule has 2 rings (SSSR count). The van der Waals surface area contributed by atoms with Gasteiger partial charge in [-0.1, -0.05) is 16.8 Å². The summed E-state index contributed by atoms with van der Waals surface area (Å²) >= 11 is 5.64. The molecule has 0 radical (unpaired) electrons. The number of carbonyl (C=O) groups is 1. The first-order chi connectivity index (χ1) is 10.8. The number of ether oxygens (including phenoxy) is 1. The van der Waals surface area contributed by atoms with Gasteiger partial charge in [-0.3, -0.25) is 4.79 Å². The van der Waals surface area contributed by atoms with E-state index >= 15 is 0 Å². The first-order valence-corrected chi connectivity index (χ1v) is 9.15. The minimum atomic E-state index is -3.34. The number of rotatable bonds is 7. The summed E-state index contributed by atoms with van der Waals surface area (Å²) in [6.07, 6.45) is 0.578. The topological polar surface area (TPSA) is 102 Å². The lowest BCUT2D eigenvalue weighted by molar-refractivity contribution is -0.122. The summed E-state index contributed by atoms with van der Waals surface area (Å²) in [5.74, 6) is 0.0220. The second-order valence-corrected chi connectivity index (χ2v) is 8.26. The highest BCUT2D eigenvalue weighted by molar-refractivity contribution is 7.89. The van der Waals surface area contributed by atoms with Crippen molar-refractivity contribution in [2.75, 3.05) is 33.1 Å². The van der Waals surface area contributed by atoms with Gasteiger partial charge in [0.1, 0.15) is 5.76 Å².